The number of thioether (sulfide) groups is 1. The molecule has 1 heterocycles. The molecule has 0 amide bonds. The van der Waals surface area contributed by atoms with Crippen molar-refractivity contribution in [1.82, 2.24) is 0 Å². The molecule has 0 aromatic heterocycles. The first-order valence-electron chi connectivity index (χ1n) is 7.24. The van der Waals surface area contributed by atoms with E-state index in [1.807, 2.05) is 6.92 Å². The first kappa shape index (κ1) is 17.7. The zero-order valence-electron chi connectivity index (χ0n) is 12.8. The van der Waals surface area contributed by atoms with Crippen LogP contribution in [0.15, 0.2) is 34.0 Å². The lowest BCUT2D eigenvalue weighted by Crippen LogP contribution is -2.14. The average Bonchev–Trinajstić information content (AvgIpc) is 3.00. The van der Waals surface area contributed by atoms with Gasteiger partial charge in [0.25, 0.3) is 0 Å². The Morgan fingerprint density at radius 3 is 2.32 bits per heavy atom. The normalized spacial score (nSPS) is 18.6. The van der Waals surface area contributed by atoms with Gasteiger partial charge in [-0.2, -0.15) is 0 Å². The van der Waals surface area contributed by atoms with Crippen LogP contribution in [0.3, 0.4) is 0 Å². The van der Waals surface area contributed by atoms with Gasteiger partial charge in [-0.25, -0.2) is 31.9 Å². The van der Waals surface area contributed by atoms with Crippen LogP contribution in [0.5, 0.6) is 0 Å². The Bertz CT molecular complexity index is 818. The zero-order chi connectivity index (χ0) is 18.1. The number of benzene rings is 1. The number of fused-ring (bicyclic) bond motifs is 1. The number of hydrogen-bond acceptors (Lipinski definition) is 4. The molecule has 3 nitrogen and oxygen atoms in total. The van der Waals surface area contributed by atoms with Crippen molar-refractivity contribution in [3.8, 4) is 0 Å². The first-order chi connectivity index (χ1) is 11.9. The smallest absolute Gasteiger partial charge is 0.200 e. The van der Waals surface area contributed by atoms with Crippen molar-refractivity contribution in [1.29, 1.82) is 0 Å². The van der Waals surface area contributed by atoms with E-state index in [9.17, 15) is 22.0 Å². The minimum Gasteiger partial charge on any atom is -0.494 e. The Balaban J connectivity index is 1.77. The Hall–Kier alpha value is -2.16. The molecule has 0 bridgehead atoms. The van der Waals surface area contributed by atoms with Crippen LogP contribution in [0, 0.1) is 29.1 Å². The molecule has 132 valence electrons. The van der Waals surface area contributed by atoms with Gasteiger partial charge in [0.1, 0.15) is 11.8 Å². The van der Waals surface area contributed by atoms with E-state index in [0.717, 1.165) is 11.8 Å². The lowest BCUT2D eigenvalue weighted by Gasteiger charge is -2.11. The lowest BCUT2D eigenvalue weighted by atomic mass is 10.1. The molecule has 1 aromatic rings. The SMILES string of the molecule is CCOC1=CC2=NC(SCc3c(F)c(F)c(F)c(F)c3F)=NC2C=C1. The highest BCUT2D eigenvalue weighted by atomic mass is 32.2. The van der Waals surface area contributed by atoms with E-state index in [0.29, 0.717) is 18.1 Å². The summed E-state index contributed by atoms with van der Waals surface area (Å²) < 4.78 is 72.1. The van der Waals surface area contributed by atoms with Crippen molar-refractivity contribution in [2.24, 2.45) is 9.98 Å². The largest absolute Gasteiger partial charge is 0.494 e. The van der Waals surface area contributed by atoms with Crippen LogP contribution in [-0.4, -0.2) is 23.5 Å². The van der Waals surface area contributed by atoms with E-state index in [2.05, 4.69) is 9.98 Å². The fourth-order valence-electron chi connectivity index (χ4n) is 2.27. The molecule has 2 aliphatic rings. The van der Waals surface area contributed by atoms with Gasteiger partial charge in [-0.05, 0) is 13.0 Å². The number of aliphatic imine (C=N–C) groups is 2. The maximum Gasteiger partial charge on any atom is 0.200 e. The van der Waals surface area contributed by atoms with E-state index in [-0.39, 0.29) is 11.2 Å². The number of halogens is 5. The summed E-state index contributed by atoms with van der Waals surface area (Å²) in [7, 11) is 0. The molecule has 1 unspecified atom stereocenters. The molecule has 0 radical (unpaired) electrons. The van der Waals surface area contributed by atoms with Gasteiger partial charge in [0.05, 0.1) is 12.3 Å². The van der Waals surface area contributed by atoms with Gasteiger partial charge in [0, 0.05) is 17.4 Å². The quantitative estimate of drug-likeness (QED) is 0.448. The molecular weight excluding hydrogens is 363 g/mol. The first-order valence-corrected chi connectivity index (χ1v) is 8.23. The summed E-state index contributed by atoms with van der Waals surface area (Å²) in [6.07, 6.45) is 5.16. The topological polar surface area (TPSA) is 34.0 Å². The molecule has 1 aliphatic heterocycles. The molecule has 0 saturated heterocycles. The summed E-state index contributed by atoms with van der Waals surface area (Å²) in [4.78, 5) is 8.42. The van der Waals surface area contributed by atoms with E-state index < -0.39 is 40.4 Å². The Kier molecular flexibility index (Phi) is 4.94. The number of ether oxygens (including phenoxy) is 1. The molecule has 1 aromatic carbocycles. The molecular formula is C16H11F5N2OS. The number of rotatable bonds is 4. The molecule has 1 aliphatic carbocycles. The summed E-state index contributed by atoms with van der Waals surface area (Å²) in [6.45, 7) is 2.32. The number of hydrogen-bond donors (Lipinski definition) is 0. The third-order valence-corrected chi connectivity index (χ3v) is 4.36. The molecule has 0 spiro atoms. The fraction of sp³-hybridized carbons (Fsp3) is 0.250. The molecule has 0 fully saturated rings. The van der Waals surface area contributed by atoms with Gasteiger partial charge in [-0.3, -0.25) is 0 Å². The van der Waals surface area contributed by atoms with Gasteiger partial charge in [-0.1, -0.05) is 17.8 Å². The minimum atomic E-state index is -2.17. The van der Waals surface area contributed by atoms with Crippen molar-refractivity contribution in [3.05, 3.63) is 58.6 Å². The van der Waals surface area contributed by atoms with Crippen LogP contribution in [0.25, 0.3) is 0 Å². The molecule has 0 N–H and O–H groups in total. The maximum atomic E-state index is 13.7. The summed E-state index contributed by atoms with van der Waals surface area (Å²) in [5, 5.41) is 0.197. The van der Waals surface area contributed by atoms with Crippen molar-refractivity contribution in [3.63, 3.8) is 0 Å². The highest BCUT2D eigenvalue weighted by Gasteiger charge is 2.27. The van der Waals surface area contributed by atoms with E-state index in [1.54, 1.807) is 18.2 Å². The number of allylic oxidation sites excluding steroid dienone is 1. The van der Waals surface area contributed by atoms with Crippen LogP contribution in [0.1, 0.15) is 12.5 Å². The Labute approximate surface area is 144 Å². The van der Waals surface area contributed by atoms with Gasteiger partial charge < -0.3 is 4.74 Å². The second-order valence-corrected chi connectivity index (χ2v) is 6.01. The van der Waals surface area contributed by atoms with Gasteiger partial charge in [-0.15, -0.1) is 0 Å². The summed E-state index contributed by atoms with van der Waals surface area (Å²) >= 11 is 0.792. The van der Waals surface area contributed by atoms with Crippen molar-refractivity contribution in [2.75, 3.05) is 6.61 Å². The van der Waals surface area contributed by atoms with E-state index >= 15 is 0 Å². The molecule has 3 rings (SSSR count). The van der Waals surface area contributed by atoms with Gasteiger partial charge in [0.2, 0.25) is 5.82 Å². The molecule has 25 heavy (non-hydrogen) atoms. The highest BCUT2D eigenvalue weighted by molar-refractivity contribution is 8.13. The van der Waals surface area contributed by atoms with Gasteiger partial charge >= 0.3 is 0 Å². The standard InChI is InChI=1S/C16H11F5N2OS/c1-2-24-7-3-4-9-10(5-7)23-16(22-9)25-6-8-11(17)13(19)15(21)14(20)12(8)18/h3-5,9H,2,6H2,1H3. The Morgan fingerprint density at radius 2 is 1.68 bits per heavy atom. The summed E-state index contributed by atoms with van der Waals surface area (Å²) in [6, 6.07) is -0.344. The second kappa shape index (κ2) is 6.99. The average molecular weight is 374 g/mol. The highest BCUT2D eigenvalue weighted by Crippen LogP contribution is 2.29. The lowest BCUT2D eigenvalue weighted by molar-refractivity contribution is 0.242. The van der Waals surface area contributed by atoms with Crippen LogP contribution < -0.4 is 0 Å². The number of amidine groups is 1. The Morgan fingerprint density at radius 1 is 1.04 bits per heavy atom. The van der Waals surface area contributed by atoms with Crippen LogP contribution >= 0.6 is 11.8 Å². The summed E-state index contributed by atoms with van der Waals surface area (Å²) in [5.74, 6) is -9.66. The minimum absolute atomic E-state index is 0.197. The van der Waals surface area contributed by atoms with Crippen LogP contribution in [0.2, 0.25) is 0 Å². The molecule has 0 saturated carbocycles. The van der Waals surface area contributed by atoms with Crippen molar-refractivity contribution in [2.45, 2.75) is 18.7 Å². The third-order valence-electron chi connectivity index (χ3n) is 3.47. The predicted molar refractivity (Wildman–Crippen MR) is 85.0 cm³/mol. The van der Waals surface area contributed by atoms with Crippen LogP contribution in [0.4, 0.5) is 22.0 Å². The van der Waals surface area contributed by atoms with Crippen molar-refractivity contribution >= 4 is 22.6 Å². The second-order valence-electron chi connectivity index (χ2n) is 5.07. The van der Waals surface area contributed by atoms with E-state index in [4.69, 9.17) is 4.74 Å². The van der Waals surface area contributed by atoms with Crippen molar-refractivity contribution < 1.29 is 26.7 Å². The number of nitrogens with zero attached hydrogens (tertiary/aromatic N) is 2. The zero-order valence-corrected chi connectivity index (χ0v) is 13.6. The van der Waals surface area contributed by atoms with E-state index in [1.165, 1.54) is 0 Å². The predicted octanol–water partition coefficient (Wildman–Crippen LogP) is 4.28. The molecule has 1 atom stereocenters. The summed E-state index contributed by atoms with van der Waals surface area (Å²) in [5.41, 5.74) is -0.314. The molecule has 9 heteroatoms. The van der Waals surface area contributed by atoms with Gasteiger partial charge in [0.15, 0.2) is 28.4 Å². The maximum absolute atomic E-state index is 13.7. The third kappa shape index (κ3) is 3.33. The van der Waals surface area contributed by atoms with Crippen LogP contribution in [-0.2, 0) is 10.5 Å². The monoisotopic (exact) mass is 374 g/mol. The fourth-order valence-corrected chi connectivity index (χ4v) is 3.15.